The van der Waals surface area contributed by atoms with Crippen molar-refractivity contribution in [2.45, 2.75) is 65.2 Å². The molecule has 0 radical (unpaired) electrons. The zero-order chi connectivity index (χ0) is 14.3. The summed E-state index contributed by atoms with van der Waals surface area (Å²) in [6, 6.07) is 0.807. The van der Waals surface area contributed by atoms with E-state index in [2.05, 4.69) is 40.4 Å². The summed E-state index contributed by atoms with van der Waals surface area (Å²) in [6.07, 6.45) is 5.48. The van der Waals surface area contributed by atoms with Gasteiger partial charge in [0.2, 0.25) is 0 Å². The maximum atomic E-state index is 6.43. The molecule has 1 aromatic rings. The van der Waals surface area contributed by atoms with Crippen LogP contribution in [0.1, 0.15) is 45.9 Å². The summed E-state index contributed by atoms with van der Waals surface area (Å²) >= 11 is 0. The predicted octanol–water partition coefficient (Wildman–Crippen LogP) is 1.64. The SMILES string of the molecule is CC(C)(C)C1CCC(N)C(N2CCn3cnnc3C2)C1. The van der Waals surface area contributed by atoms with Crippen molar-refractivity contribution in [2.24, 2.45) is 17.1 Å². The van der Waals surface area contributed by atoms with Crippen LogP contribution in [0.15, 0.2) is 6.33 Å². The molecule has 2 aliphatic rings. The van der Waals surface area contributed by atoms with Crippen LogP contribution in [0.4, 0.5) is 0 Å². The van der Waals surface area contributed by atoms with Gasteiger partial charge in [-0.05, 0) is 30.6 Å². The number of hydrogen-bond acceptors (Lipinski definition) is 4. The zero-order valence-electron chi connectivity index (χ0n) is 12.9. The zero-order valence-corrected chi connectivity index (χ0v) is 12.9. The molecular weight excluding hydrogens is 250 g/mol. The Morgan fingerprint density at radius 1 is 1.25 bits per heavy atom. The predicted molar refractivity (Wildman–Crippen MR) is 79.0 cm³/mol. The smallest absolute Gasteiger partial charge is 0.147 e. The van der Waals surface area contributed by atoms with E-state index in [4.69, 9.17) is 5.73 Å². The van der Waals surface area contributed by atoms with Crippen LogP contribution >= 0.6 is 0 Å². The third kappa shape index (κ3) is 2.61. The molecule has 112 valence electrons. The maximum absolute atomic E-state index is 6.43. The van der Waals surface area contributed by atoms with Gasteiger partial charge in [-0.15, -0.1) is 10.2 Å². The molecule has 20 heavy (non-hydrogen) atoms. The largest absolute Gasteiger partial charge is 0.326 e. The Kier molecular flexibility index (Phi) is 3.58. The molecule has 5 heteroatoms. The molecule has 3 atom stereocenters. The fourth-order valence-corrected chi connectivity index (χ4v) is 3.74. The van der Waals surface area contributed by atoms with Crippen LogP contribution in [0, 0.1) is 11.3 Å². The van der Waals surface area contributed by atoms with Crippen LogP contribution in [0.5, 0.6) is 0 Å². The molecule has 1 aliphatic heterocycles. The van der Waals surface area contributed by atoms with Crippen LogP contribution in [0.2, 0.25) is 0 Å². The summed E-state index contributed by atoms with van der Waals surface area (Å²) in [6.45, 7) is 10.0. The summed E-state index contributed by atoms with van der Waals surface area (Å²) in [7, 11) is 0. The van der Waals surface area contributed by atoms with Crippen LogP contribution in [-0.4, -0.2) is 38.3 Å². The second kappa shape index (κ2) is 5.11. The highest BCUT2D eigenvalue weighted by molar-refractivity contribution is 4.97. The fourth-order valence-electron chi connectivity index (χ4n) is 3.74. The lowest BCUT2D eigenvalue weighted by atomic mass is 9.69. The molecule has 1 aromatic heterocycles. The van der Waals surface area contributed by atoms with Gasteiger partial charge >= 0.3 is 0 Å². The highest BCUT2D eigenvalue weighted by atomic mass is 15.3. The topological polar surface area (TPSA) is 60.0 Å². The van der Waals surface area contributed by atoms with Crippen LogP contribution in [0.25, 0.3) is 0 Å². The third-order valence-corrected chi connectivity index (χ3v) is 5.23. The molecule has 0 aromatic carbocycles. The van der Waals surface area contributed by atoms with E-state index in [-0.39, 0.29) is 0 Å². The molecule has 3 rings (SSSR count). The lowest BCUT2D eigenvalue weighted by molar-refractivity contribution is 0.0523. The van der Waals surface area contributed by atoms with Crippen molar-refractivity contribution in [1.82, 2.24) is 19.7 Å². The Balaban J connectivity index is 1.72. The Hall–Kier alpha value is -0.940. The molecule has 3 unspecified atom stereocenters. The molecule has 1 fully saturated rings. The first kappa shape index (κ1) is 14.0. The minimum atomic E-state index is 0.308. The van der Waals surface area contributed by atoms with Gasteiger partial charge in [0.25, 0.3) is 0 Å². The summed E-state index contributed by atoms with van der Waals surface area (Å²) in [4.78, 5) is 2.53. The molecule has 1 saturated carbocycles. The average molecular weight is 277 g/mol. The van der Waals surface area contributed by atoms with Crippen LogP contribution < -0.4 is 5.73 Å². The Bertz CT molecular complexity index is 461. The van der Waals surface area contributed by atoms with Gasteiger partial charge in [-0.1, -0.05) is 20.8 Å². The van der Waals surface area contributed by atoms with Crippen molar-refractivity contribution in [3.63, 3.8) is 0 Å². The molecular formula is C15H27N5. The van der Waals surface area contributed by atoms with Crippen molar-refractivity contribution in [3.05, 3.63) is 12.2 Å². The monoisotopic (exact) mass is 277 g/mol. The Morgan fingerprint density at radius 2 is 2.05 bits per heavy atom. The highest BCUT2D eigenvalue weighted by Crippen LogP contribution is 2.39. The fraction of sp³-hybridized carbons (Fsp3) is 0.867. The average Bonchev–Trinajstić information content (AvgIpc) is 2.85. The standard InChI is InChI=1S/C15H27N5/c1-15(2,3)11-4-5-12(16)13(8-11)19-6-7-20-10-17-18-14(20)9-19/h10-13H,4-9,16H2,1-3H3. The summed E-state index contributed by atoms with van der Waals surface area (Å²) < 4.78 is 2.16. The minimum Gasteiger partial charge on any atom is -0.326 e. The number of nitrogens with two attached hydrogens (primary N) is 1. The van der Waals surface area contributed by atoms with Crippen molar-refractivity contribution >= 4 is 0 Å². The molecule has 0 amide bonds. The van der Waals surface area contributed by atoms with E-state index >= 15 is 0 Å². The molecule has 0 saturated heterocycles. The van der Waals surface area contributed by atoms with Gasteiger partial charge in [0.1, 0.15) is 12.2 Å². The highest BCUT2D eigenvalue weighted by Gasteiger charge is 2.38. The van der Waals surface area contributed by atoms with E-state index in [1.165, 1.54) is 12.8 Å². The molecule has 2 N–H and O–H groups in total. The third-order valence-electron chi connectivity index (χ3n) is 5.23. The quantitative estimate of drug-likeness (QED) is 0.847. The molecule has 5 nitrogen and oxygen atoms in total. The number of aromatic nitrogens is 3. The number of fused-ring (bicyclic) bond motifs is 1. The lowest BCUT2D eigenvalue weighted by Gasteiger charge is -2.46. The number of rotatable bonds is 1. The summed E-state index contributed by atoms with van der Waals surface area (Å²) in [5.74, 6) is 1.86. The first-order chi connectivity index (χ1) is 9.45. The normalized spacial score (nSPS) is 32.1. The second-order valence-corrected chi connectivity index (χ2v) is 7.52. The van der Waals surface area contributed by atoms with Gasteiger partial charge in [-0.3, -0.25) is 4.90 Å². The molecule has 1 aliphatic carbocycles. The Morgan fingerprint density at radius 3 is 2.80 bits per heavy atom. The summed E-state index contributed by atoms with van der Waals surface area (Å²) in [5.41, 5.74) is 6.81. The van der Waals surface area contributed by atoms with Gasteiger partial charge in [0, 0.05) is 25.2 Å². The number of hydrogen-bond donors (Lipinski definition) is 1. The van der Waals surface area contributed by atoms with E-state index in [1.807, 2.05) is 6.33 Å². The van der Waals surface area contributed by atoms with Crippen molar-refractivity contribution < 1.29 is 0 Å². The molecule has 0 spiro atoms. The molecule has 0 bridgehead atoms. The first-order valence-corrected chi connectivity index (χ1v) is 7.81. The van der Waals surface area contributed by atoms with E-state index in [0.717, 1.165) is 37.8 Å². The van der Waals surface area contributed by atoms with E-state index in [0.29, 0.717) is 17.5 Å². The van der Waals surface area contributed by atoms with Crippen molar-refractivity contribution in [2.75, 3.05) is 6.54 Å². The van der Waals surface area contributed by atoms with E-state index in [1.54, 1.807) is 0 Å². The van der Waals surface area contributed by atoms with Gasteiger partial charge in [0.15, 0.2) is 0 Å². The Labute approximate surface area is 121 Å². The summed E-state index contributed by atoms with van der Waals surface area (Å²) in [5, 5.41) is 8.24. The van der Waals surface area contributed by atoms with Crippen molar-refractivity contribution in [3.8, 4) is 0 Å². The second-order valence-electron chi connectivity index (χ2n) is 7.52. The maximum Gasteiger partial charge on any atom is 0.147 e. The lowest BCUT2D eigenvalue weighted by Crippen LogP contribution is -2.54. The molecule has 2 heterocycles. The van der Waals surface area contributed by atoms with Crippen LogP contribution in [0.3, 0.4) is 0 Å². The first-order valence-electron chi connectivity index (χ1n) is 7.81. The van der Waals surface area contributed by atoms with Crippen molar-refractivity contribution in [1.29, 1.82) is 0 Å². The van der Waals surface area contributed by atoms with E-state index in [9.17, 15) is 0 Å². The van der Waals surface area contributed by atoms with Gasteiger partial charge < -0.3 is 10.3 Å². The number of nitrogens with zero attached hydrogens (tertiary/aromatic N) is 4. The van der Waals surface area contributed by atoms with Gasteiger partial charge in [-0.2, -0.15) is 0 Å². The van der Waals surface area contributed by atoms with E-state index < -0.39 is 0 Å². The van der Waals surface area contributed by atoms with Gasteiger partial charge in [-0.25, -0.2) is 0 Å². The van der Waals surface area contributed by atoms with Gasteiger partial charge in [0.05, 0.1) is 6.54 Å². The van der Waals surface area contributed by atoms with Crippen LogP contribution in [-0.2, 0) is 13.1 Å². The minimum absolute atomic E-state index is 0.308.